The summed E-state index contributed by atoms with van der Waals surface area (Å²) in [4.78, 5) is 0. The number of aliphatic hydroxyl groups excluding tert-OH is 1. The molecule has 0 radical (unpaired) electrons. The molecule has 0 aliphatic carbocycles. The molecule has 0 rings (SSSR count). The Morgan fingerprint density at radius 3 is 2.19 bits per heavy atom. The van der Waals surface area contributed by atoms with E-state index in [4.69, 9.17) is 44.6 Å². The van der Waals surface area contributed by atoms with E-state index in [9.17, 15) is 13.2 Å². The Bertz CT molecular complexity index is 215. The highest BCUT2D eigenvalue weighted by atomic mass is 35.5. The maximum absolute atomic E-state index is 12.2. The molecule has 0 aliphatic heterocycles. The zero-order valence-electron chi connectivity index (χ0n) is 8.40. The number of alkyl halides is 6. The van der Waals surface area contributed by atoms with Gasteiger partial charge in [-0.25, -0.2) is 0 Å². The summed E-state index contributed by atoms with van der Waals surface area (Å²) in [6, 6.07) is 0. The largest absolute Gasteiger partial charge is 0.395 e. The van der Waals surface area contributed by atoms with E-state index in [1.54, 1.807) is 0 Å². The predicted octanol–water partition coefficient (Wildman–Crippen LogP) is 2.98. The second-order valence-electron chi connectivity index (χ2n) is 3.32. The second-order valence-corrected chi connectivity index (χ2v) is 4.76. The van der Waals surface area contributed by atoms with Crippen LogP contribution >= 0.6 is 34.8 Å². The number of halogens is 6. The van der Waals surface area contributed by atoms with Crippen molar-refractivity contribution in [2.45, 2.75) is 23.5 Å². The van der Waals surface area contributed by atoms with Crippen LogP contribution in [-0.2, 0) is 4.74 Å². The van der Waals surface area contributed by atoms with Gasteiger partial charge >= 0.3 is 6.18 Å². The molecule has 16 heavy (non-hydrogen) atoms. The molecule has 8 heteroatoms. The molecule has 0 aromatic carbocycles. The third kappa shape index (κ3) is 4.84. The Balaban J connectivity index is 4.35. The SMILES string of the molecule is CC(COC(Cl)(CCl)C(Cl)CO)C(F)(F)F. The highest BCUT2D eigenvalue weighted by Crippen LogP contribution is 2.32. The first-order chi connectivity index (χ1) is 7.17. The molecule has 0 saturated heterocycles. The van der Waals surface area contributed by atoms with Gasteiger partial charge in [0.1, 0.15) is 5.38 Å². The minimum Gasteiger partial charge on any atom is -0.395 e. The number of ether oxygens (including phenoxy) is 1. The fourth-order valence-corrected chi connectivity index (χ4v) is 1.32. The lowest BCUT2D eigenvalue weighted by Gasteiger charge is -2.30. The van der Waals surface area contributed by atoms with Crippen LogP contribution in [0.25, 0.3) is 0 Å². The van der Waals surface area contributed by atoms with Gasteiger partial charge in [-0.1, -0.05) is 18.5 Å². The van der Waals surface area contributed by atoms with Crippen LogP contribution in [0, 0.1) is 5.92 Å². The molecule has 98 valence electrons. The predicted molar refractivity (Wildman–Crippen MR) is 57.2 cm³/mol. The molecule has 0 bridgehead atoms. The first kappa shape index (κ1) is 16.6. The topological polar surface area (TPSA) is 29.5 Å². The van der Waals surface area contributed by atoms with Crippen LogP contribution in [-0.4, -0.2) is 40.8 Å². The van der Waals surface area contributed by atoms with Crippen LogP contribution in [0.4, 0.5) is 13.2 Å². The smallest absolute Gasteiger partial charge is 0.393 e. The van der Waals surface area contributed by atoms with E-state index >= 15 is 0 Å². The summed E-state index contributed by atoms with van der Waals surface area (Å²) in [5.74, 6) is -2.01. The van der Waals surface area contributed by atoms with Crippen molar-refractivity contribution >= 4 is 34.8 Å². The molecule has 0 amide bonds. The second kappa shape index (κ2) is 6.50. The van der Waals surface area contributed by atoms with Crippen molar-refractivity contribution in [2.24, 2.45) is 5.92 Å². The molecule has 0 heterocycles. The molecule has 3 atom stereocenters. The molecule has 0 fully saturated rings. The van der Waals surface area contributed by atoms with E-state index in [0.717, 1.165) is 6.92 Å². The molecule has 0 aromatic heterocycles. The standard InChI is InChI=1S/C8H12Cl3F3O2/c1-5(8(12,13)14)3-16-7(11,4-9)6(10)2-15/h5-6,15H,2-4H2,1H3. The van der Waals surface area contributed by atoms with Gasteiger partial charge in [0.2, 0.25) is 0 Å². The monoisotopic (exact) mass is 302 g/mol. The van der Waals surface area contributed by atoms with Crippen molar-refractivity contribution in [3.05, 3.63) is 0 Å². The summed E-state index contributed by atoms with van der Waals surface area (Å²) in [6.45, 7) is -0.255. The number of hydrogen-bond donors (Lipinski definition) is 1. The van der Waals surface area contributed by atoms with Gasteiger partial charge in [-0.2, -0.15) is 13.2 Å². The third-order valence-corrected chi connectivity index (χ3v) is 3.58. The third-order valence-electron chi connectivity index (χ3n) is 1.94. The number of rotatable bonds is 6. The van der Waals surface area contributed by atoms with Gasteiger partial charge < -0.3 is 9.84 Å². The van der Waals surface area contributed by atoms with Crippen molar-refractivity contribution in [3.63, 3.8) is 0 Å². The maximum Gasteiger partial charge on any atom is 0.393 e. The van der Waals surface area contributed by atoms with Crippen LogP contribution in [0.2, 0.25) is 0 Å². The first-order valence-electron chi connectivity index (χ1n) is 4.38. The van der Waals surface area contributed by atoms with E-state index in [1.807, 2.05) is 0 Å². The summed E-state index contributed by atoms with van der Waals surface area (Å²) in [6.07, 6.45) is -4.37. The van der Waals surface area contributed by atoms with Crippen LogP contribution in [0.5, 0.6) is 0 Å². The maximum atomic E-state index is 12.2. The van der Waals surface area contributed by atoms with E-state index in [-0.39, 0.29) is 5.88 Å². The minimum atomic E-state index is -4.37. The average molecular weight is 304 g/mol. The van der Waals surface area contributed by atoms with Crippen LogP contribution in [0.3, 0.4) is 0 Å². The minimum absolute atomic E-state index is 0.326. The van der Waals surface area contributed by atoms with E-state index in [0.29, 0.717) is 0 Å². The summed E-state index contributed by atoms with van der Waals surface area (Å²) >= 11 is 16.8. The van der Waals surface area contributed by atoms with Gasteiger partial charge in [0, 0.05) is 0 Å². The van der Waals surface area contributed by atoms with Gasteiger partial charge in [0.05, 0.1) is 25.0 Å². The summed E-state index contributed by atoms with van der Waals surface area (Å²) in [5, 5.41) is 5.98. The van der Waals surface area contributed by atoms with Crippen LogP contribution < -0.4 is 0 Å². The molecule has 1 N–H and O–H groups in total. The van der Waals surface area contributed by atoms with Gasteiger partial charge in [-0.15, -0.1) is 23.2 Å². The molecule has 2 nitrogen and oxygen atoms in total. The number of aliphatic hydroxyl groups is 1. The lowest BCUT2D eigenvalue weighted by atomic mass is 10.2. The van der Waals surface area contributed by atoms with Crippen molar-refractivity contribution in [3.8, 4) is 0 Å². The van der Waals surface area contributed by atoms with E-state index in [1.165, 1.54) is 0 Å². The van der Waals surface area contributed by atoms with Crippen molar-refractivity contribution in [2.75, 3.05) is 19.1 Å². The molecule has 0 saturated carbocycles. The fraction of sp³-hybridized carbons (Fsp3) is 1.00. The van der Waals surface area contributed by atoms with Gasteiger partial charge in [-0.3, -0.25) is 0 Å². The molecule has 0 aliphatic rings. The van der Waals surface area contributed by atoms with Crippen molar-refractivity contribution < 1.29 is 23.0 Å². The Kier molecular flexibility index (Phi) is 6.73. The summed E-state index contributed by atoms with van der Waals surface area (Å²) in [7, 11) is 0. The van der Waals surface area contributed by atoms with Gasteiger partial charge in [0.25, 0.3) is 0 Å². The summed E-state index contributed by atoms with van der Waals surface area (Å²) in [5.41, 5.74) is 0. The van der Waals surface area contributed by atoms with Gasteiger partial charge in [0.15, 0.2) is 5.06 Å². The highest BCUT2D eigenvalue weighted by Gasteiger charge is 2.41. The first-order valence-corrected chi connectivity index (χ1v) is 5.72. The zero-order chi connectivity index (χ0) is 13.0. The van der Waals surface area contributed by atoms with Crippen LogP contribution in [0.15, 0.2) is 0 Å². The Morgan fingerprint density at radius 2 is 1.88 bits per heavy atom. The van der Waals surface area contributed by atoms with Gasteiger partial charge in [-0.05, 0) is 0 Å². The molecular formula is C8H12Cl3F3O2. The van der Waals surface area contributed by atoms with Crippen molar-refractivity contribution in [1.82, 2.24) is 0 Å². The average Bonchev–Trinajstić information content (AvgIpc) is 2.22. The Hall–Kier alpha value is 0.580. The molecule has 3 unspecified atom stereocenters. The number of hydrogen-bond acceptors (Lipinski definition) is 2. The quantitative estimate of drug-likeness (QED) is 0.765. The normalized spacial score (nSPS) is 20.2. The van der Waals surface area contributed by atoms with E-state index < -0.39 is 35.7 Å². The Morgan fingerprint density at radius 1 is 1.38 bits per heavy atom. The molecule has 0 aromatic rings. The lowest BCUT2D eigenvalue weighted by Crippen LogP contribution is -2.42. The Labute approximate surface area is 107 Å². The fourth-order valence-electron chi connectivity index (χ4n) is 0.707. The lowest BCUT2D eigenvalue weighted by molar-refractivity contribution is -0.188. The van der Waals surface area contributed by atoms with Crippen LogP contribution in [0.1, 0.15) is 6.92 Å². The van der Waals surface area contributed by atoms with Crippen molar-refractivity contribution in [1.29, 1.82) is 0 Å². The molecular weight excluding hydrogens is 291 g/mol. The zero-order valence-corrected chi connectivity index (χ0v) is 10.7. The van der Waals surface area contributed by atoms with E-state index in [2.05, 4.69) is 0 Å². The molecule has 0 spiro atoms. The highest BCUT2D eigenvalue weighted by molar-refractivity contribution is 6.35. The summed E-state index contributed by atoms with van der Waals surface area (Å²) < 4.78 is 41.4.